The summed E-state index contributed by atoms with van der Waals surface area (Å²) in [5.41, 5.74) is -1.64. The third-order valence-corrected chi connectivity index (χ3v) is 11.0. The minimum atomic E-state index is -1.22. The van der Waals surface area contributed by atoms with Crippen LogP contribution in [0.2, 0.25) is 0 Å². The second-order valence-electron chi connectivity index (χ2n) is 14.6. The van der Waals surface area contributed by atoms with Gasteiger partial charge < -0.3 is 34.1 Å². The summed E-state index contributed by atoms with van der Waals surface area (Å²) < 4.78 is 56.1. The average molecular weight is 692 g/mol. The number of rotatable bonds is 7. The van der Waals surface area contributed by atoms with E-state index in [4.69, 9.17) is 23.9 Å². The van der Waals surface area contributed by atoms with E-state index < -0.39 is 17.2 Å². The van der Waals surface area contributed by atoms with Gasteiger partial charge in [0.05, 0.1) is 40.1 Å². The lowest BCUT2D eigenvalue weighted by Gasteiger charge is -2.48. The summed E-state index contributed by atoms with van der Waals surface area (Å²) in [7, 11) is 1.41. The molecule has 0 radical (unpaired) electrons. The lowest BCUT2D eigenvalue weighted by atomic mass is 9.75. The molecular weight excluding hydrogens is 648 g/mol. The highest BCUT2D eigenvalue weighted by Crippen LogP contribution is 2.49. The minimum Gasteiger partial charge on any atom is -0.508 e. The standard InChI is InChI=1S/C37H43F2N5O6/c1-36(46)19-43(13-15-49-20-36)33-29-32(30(39)31(40-34(29)47-2)25-17-24(45)16-22-6-3-7-26(38)28(22)25)41-35(42-33)50-21-37-10-4-8-27(37)44(12-5-11-37)23-9-14-48-18-23/h3,6-7,16-17,23,27,45-46H,4-5,8-15,18-21H2,1-2H3/t23?,27?,36-,37?/m0/s1. The van der Waals surface area contributed by atoms with Crippen molar-refractivity contribution in [3.8, 4) is 28.9 Å². The molecule has 4 atom stereocenters. The van der Waals surface area contributed by atoms with Gasteiger partial charge in [-0.05, 0) is 69.2 Å². The number of nitrogens with zero attached hydrogens (tertiary/aromatic N) is 5. The fourth-order valence-electron chi connectivity index (χ4n) is 8.83. The first-order valence-electron chi connectivity index (χ1n) is 17.5. The monoisotopic (exact) mass is 691 g/mol. The lowest BCUT2D eigenvalue weighted by molar-refractivity contribution is -0.0241. The van der Waals surface area contributed by atoms with Crippen LogP contribution in [0.5, 0.6) is 17.6 Å². The quantitative estimate of drug-likeness (QED) is 0.265. The Morgan fingerprint density at radius 1 is 1.02 bits per heavy atom. The molecule has 3 unspecified atom stereocenters. The predicted octanol–water partition coefficient (Wildman–Crippen LogP) is 5.23. The van der Waals surface area contributed by atoms with E-state index in [2.05, 4.69) is 14.9 Å². The molecule has 3 saturated heterocycles. The first-order valence-corrected chi connectivity index (χ1v) is 17.5. The number of aromatic hydroxyl groups is 1. The molecule has 0 bridgehead atoms. The molecule has 4 aliphatic rings. The molecule has 4 fully saturated rings. The Bertz CT molecular complexity index is 1920. The molecule has 8 rings (SSSR count). The molecule has 11 nitrogen and oxygen atoms in total. The van der Waals surface area contributed by atoms with Crippen molar-refractivity contribution in [1.82, 2.24) is 19.9 Å². The number of pyridine rings is 1. The van der Waals surface area contributed by atoms with E-state index in [0.29, 0.717) is 37.2 Å². The van der Waals surface area contributed by atoms with Gasteiger partial charge in [0.15, 0.2) is 5.82 Å². The van der Waals surface area contributed by atoms with Gasteiger partial charge >= 0.3 is 6.01 Å². The van der Waals surface area contributed by atoms with Gasteiger partial charge in [0, 0.05) is 41.6 Å². The van der Waals surface area contributed by atoms with Crippen molar-refractivity contribution >= 4 is 27.5 Å². The Kier molecular flexibility index (Phi) is 8.65. The van der Waals surface area contributed by atoms with Crippen LogP contribution in [0.25, 0.3) is 32.9 Å². The number of phenolic OH excluding ortho intramolecular Hbond substituents is 1. The highest BCUT2D eigenvalue weighted by atomic mass is 19.1. The summed E-state index contributed by atoms with van der Waals surface area (Å²) in [6.45, 7) is 5.52. The molecule has 0 amide bonds. The van der Waals surface area contributed by atoms with Crippen molar-refractivity contribution in [2.24, 2.45) is 5.41 Å². The molecule has 2 aromatic heterocycles. The van der Waals surface area contributed by atoms with Gasteiger partial charge in [0.1, 0.15) is 39.6 Å². The van der Waals surface area contributed by atoms with E-state index in [1.807, 2.05) is 4.90 Å². The smallest absolute Gasteiger partial charge is 0.319 e. The van der Waals surface area contributed by atoms with Crippen LogP contribution in [0.1, 0.15) is 45.4 Å². The van der Waals surface area contributed by atoms with Gasteiger partial charge in [-0.25, -0.2) is 13.8 Å². The Morgan fingerprint density at radius 3 is 2.70 bits per heavy atom. The number of hydrogen-bond acceptors (Lipinski definition) is 11. The maximum absolute atomic E-state index is 17.1. The number of anilines is 1. The second kappa shape index (κ2) is 13.0. The zero-order valence-corrected chi connectivity index (χ0v) is 28.5. The fraction of sp³-hybridized carbons (Fsp3) is 0.541. The fourth-order valence-corrected chi connectivity index (χ4v) is 8.83. The SMILES string of the molecule is COc1nc(-c2cc(O)cc3cccc(F)c23)c(F)c2nc(OCC34CCCC3N(C3CCOC3)CCC4)nc(N3CCOC[C@@](C)(O)C3)c12. The van der Waals surface area contributed by atoms with Gasteiger partial charge in [-0.2, -0.15) is 9.97 Å². The van der Waals surface area contributed by atoms with Crippen LogP contribution in [0.4, 0.5) is 14.6 Å². The van der Waals surface area contributed by atoms with Gasteiger partial charge in [-0.1, -0.05) is 18.6 Å². The van der Waals surface area contributed by atoms with Crippen LogP contribution in [0.3, 0.4) is 0 Å². The van der Waals surface area contributed by atoms with Crippen LogP contribution in [0.15, 0.2) is 30.3 Å². The third kappa shape index (κ3) is 5.87. The van der Waals surface area contributed by atoms with E-state index in [-0.39, 0.29) is 69.6 Å². The number of phenols is 1. The molecule has 50 heavy (non-hydrogen) atoms. The van der Waals surface area contributed by atoms with Crippen LogP contribution >= 0.6 is 0 Å². The van der Waals surface area contributed by atoms with Crippen molar-refractivity contribution in [2.45, 2.75) is 63.1 Å². The molecule has 0 spiro atoms. The maximum atomic E-state index is 17.1. The first-order chi connectivity index (χ1) is 24.2. The largest absolute Gasteiger partial charge is 0.508 e. The number of aliphatic hydroxyl groups is 1. The van der Waals surface area contributed by atoms with Gasteiger partial charge in [0.25, 0.3) is 0 Å². The summed E-state index contributed by atoms with van der Waals surface area (Å²) >= 11 is 0. The van der Waals surface area contributed by atoms with Crippen molar-refractivity contribution < 1.29 is 37.9 Å². The molecule has 1 saturated carbocycles. The number of ether oxygens (including phenoxy) is 4. The van der Waals surface area contributed by atoms with E-state index in [1.54, 1.807) is 13.0 Å². The Hall–Kier alpha value is -3.91. The number of benzene rings is 2. The van der Waals surface area contributed by atoms with E-state index >= 15 is 8.78 Å². The molecule has 1 aliphatic carbocycles. The van der Waals surface area contributed by atoms with E-state index in [1.165, 1.54) is 31.4 Å². The molecule has 3 aliphatic heterocycles. The maximum Gasteiger partial charge on any atom is 0.319 e. The lowest BCUT2D eigenvalue weighted by Crippen LogP contribution is -2.55. The summed E-state index contributed by atoms with van der Waals surface area (Å²) in [6.07, 6.45) is 6.30. The van der Waals surface area contributed by atoms with Crippen molar-refractivity contribution in [1.29, 1.82) is 0 Å². The summed E-state index contributed by atoms with van der Waals surface area (Å²) in [4.78, 5) is 18.5. The van der Waals surface area contributed by atoms with Gasteiger partial charge in [-0.3, -0.25) is 4.90 Å². The Balaban J connectivity index is 1.26. The summed E-state index contributed by atoms with van der Waals surface area (Å²) in [5.74, 6) is -1.32. The third-order valence-electron chi connectivity index (χ3n) is 11.0. The molecule has 13 heteroatoms. The van der Waals surface area contributed by atoms with E-state index in [9.17, 15) is 10.2 Å². The Labute approximate surface area is 289 Å². The van der Waals surface area contributed by atoms with Gasteiger partial charge in [-0.15, -0.1) is 0 Å². The number of fused-ring (bicyclic) bond motifs is 3. The highest BCUT2D eigenvalue weighted by molar-refractivity contribution is 6.02. The number of likely N-dealkylation sites (tertiary alicyclic amines) is 1. The molecular formula is C37H43F2N5O6. The molecule has 5 heterocycles. The minimum absolute atomic E-state index is 0.00625. The van der Waals surface area contributed by atoms with Crippen molar-refractivity contribution in [3.05, 3.63) is 42.0 Å². The van der Waals surface area contributed by atoms with Crippen LogP contribution in [-0.4, -0.2) is 108 Å². The molecule has 266 valence electrons. The van der Waals surface area contributed by atoms with Crippen LogP contribution < -0.4 is 14.4 Å². The number of β-amino-alcohol motifs (C(OH)–C–C–N with tert-alkyl or cyclic N) is 1. The molecule has 4 aromatic rings. The number of halogens is 2. The number of aromatic nitrogens is 3. The Morgan fingerprint density at radius 2 is 1.88 bits per heavy atom. The zero-order chi connectivity index (χ0) is 34.6. The van der Waals surface area contributed by atoms with Crippen molar-refractivity contribution in [3.63, 3.8) is 0 Å². The van der Waals surface area contributed by atoms with Gasteiger partial charge in [0.2, 0.25) is 5.88 Å². The highest BCUT2D eigenvalue weighted by Gasteiger charge is 2.50. The first kappa shape index (κ1) is 33.2. The average Bonchev–Trinajstić information content (AvgIpc) is 3.76. The zero-order valence-electron chi connectivity index (χ0n) is 28.5. The molecule has 2 N–H and O–H groups in total. The van der Waals surface area contributed by atoms with E-state index in [0.717, 1.165) is 58.3 Å². The number of piperidine rings is 1. The predicted molar refractivity (Wildman–Crippen MR) is 183 cm³/mol. The number of methoxy groups -OCH3 is 1. The molecule has 2 aromatic carbocycles. The normalized spacial score (nSPS) is 27.5. The van der Waals surface area contributed by atoms with Crippen LogP contribution in [0, 0.1) is 17.0 Å². The topological polar surface area (TPSA) is 123 Å². The van der Waals surface area contributed by atoms with Crippen LogP contribution in [-0.2, 0) is 9.47 Å². The summed E-state index contributed by atoms with van der Waals surface area (Å²) in [5, 5.41) is 22.4. The summed E-state index contributed by atoms with van der Waals surface area (Å²) in [6, 6.07) is 7.89. The second-order valence-corrected chi connectivity index (χ2v) is 14.6. The van der Waals surface area contributed by atoms with Crippen molar-refractivity contribution in [2.75, 3.05) is 64.7 Å². The number of hydrogen-bond donors (Lipinski definition) is 2.